The van der Waals surface area contributed by atoms with Crippen molar-refractivity contribution in [2.45, 2.75) is 38.4 Å². The lowest BCUT2D eigenvalue weighted by molar-refractivity contribution is 0.642. The average molecular weight is 426 g/mol. The predicted octanol–water partition coefficient (Wildman–Crippen LogP) is 3.20. The number of amidine groups is 1. The van der Waals surface area contributed by atoms with E-state index in [1.807, 2.05) is 30.3 Å². The maximum atomic E-state index is 12.5. The van der Waals surface area contributed by atoms with Crippen LogP contribution in [-0.4, -0.2) is 34.0 Å². The summed E-state index contributed by atoms with van der Waals surface area (Å²) in [6, 6.07) is 18.6. The monoisotopic (exact) mass is 425 g/mol. The Balaban J connectivity index is 1.26. The molecule has 162 valence electrons. The van der Waals surface area contributed by atoms with Gasteiger partial charge in [-0.05, 0) is 37.5 Å². The van der Waals surface area contributed by atoms with Crippen molar-refractivity contribution in [2.75, 3.05) is 6.54 Å². The van der Waals surface area contributed by atoms with E-state index in [9.17, 15) is 4.79 Å². The summed E-state index contributed by atoms with van der Waals surface area (Å²) in [5.74, 6) is 0.893. The van der Waals surface area contributed by atoms with Crippen LogP contribution in [0.1, 0.15) is 18.9 Å². The first-order valence-electron chi connectivity index (χ1n) is 11.0. The van der Waals surface area contributed by atoms with Crippen molar-refractivity contribution in [3.05, 3.63) is 100 Å². The van der Waals surface area contributed by atoms with E-state index in [1.54, 1.807) is 4.57 Å². The highest BCUT2D eigenvalue weighted by Crippen LogP contribution is 2.25. The van der Waals surface area contributed by atoms with E-state index in [2.05, 4.69) is 53.4 Å². The Kier molecular flexibility index (Phi) is 5.35. The maximum Gasteiger partial charge on any atom is 0.269 e. The molecule has 0 saturated heterocycles. The molecular weight excluding hydrogens is 398 g/mol. The number of fused-ring (bicyclic) bond motifs is 1. The average Bonchev–Trinajstić information content (AvgIpc) is 3.42. The zero-order valence-electron chi connectivity index (χ0n) is 18.2. The van der Waals surface area contributed by atoms with Gasteiger partial charge in [0.15, 0.2) is 0 Å². The zero-order valence-corrected chi connectivity index (χ0v) is 18.2. The van der Waals surface area contributed by atoms with Gasteiger partial charge in [-0.1, -0.05) is 54.6 Å². The van der Waals surface area contributed by atoms with E-state index in [0.29, 0.717) is 12.6 Å². The van der Waals surface area contributed by atoms with Crippen molar-refractivity contribution in [2.24, 2.45) is 4.99 Å². The van der Waals surface area contributed by atoms with Crippen molar-refractivity contribution in [3.8, 4) is 0 Å². The Morgan fingerprint density at radius 2 is 1.91 bits per heavy atom. The van der Waals surface area contributed by atoms with E-state index in [-0.39, 0.29) is 11.6 Å². The lowest BCUT2D eigenvalue weighted by Crippen LogP contribution is -2.38. The minimum atomic E-state index is -0.0985. The first-order valence-corrected chi connectivity index (χ1v) is 11.0. The SMILES string of the molecule is C=C(C1=NCC(Cc2ccccc2)N1)C1CC(C)=C(Cn2c(=O)cnc3ccccc32)N1. The molecule has 3 aromatic rings. The van der Waals surface area contributed by atoms with Crippen molar-refractivity contribution in [1.82, 2.24) is 20.2 Å². The van der Waals surface area contributed by atoms with Gasteiger partial charge in [0, 0.05) is 11.3 Å². The van der Waals surface area contributed by atoms with Crippen LogP contribution in [0.15, 0.2) is 94.0 Å². The highest BCUT2D eigenvalue weighted by molar-refractivity contribution is 6.00. The largest absolute Gasteiger partial charge is 0.380 e. The van der Waals surface area contributed by atoms with Crippen LogP contribution in [0.3, 0.4) is 0 Å². The van der Waals surface area contributed by atoms with E-state index in [0.717, 1.165) is 47.5 Å². The normalized spacial score (nSPS) is 20.2. The van der Waals surface area contributed by atoms with E-state index >= 15 is 0 Å². The summed E-state index contributed by atoms with van der Waals surface area (Å²) in [7, 11) is 0. The minimum Gasteiger partial charge on any atom is -0.380 e. The molecule has 0 amide bonds. The standard InChI is InChI=1S/C26H27N5O/c1-17-12-22(18(2)26-28-14-20(29-26)13-19-8-4-3-5-9-19)30-23(17)16-31-24-11-7-6-10-21(24)27-15-25(31)32/h3-11,15,20,22,30H,2,12-14,16H2,1H3,(H,28,29). The van der Waals surface area contributed by atoms with Gasteiger partial charge in [0.2, 0.25) is 0 Å². The Morgan fingerprint density at radius 1 is 1.12 bits per heavy atom. The lowest BCUT2D eigenvalue weighted by atomic mass is 10.0. The second-order valence-corrected chi connectivity index (χ2v) is 8.58. The molecule has 0 spiro atoms. The Hall–Kier alpha value is -3.67. The Bertz CT molecular complexity index is 1290. The van der Waals surface area contributed by atoms with Crippen molar-refractivity contribution >= 4 is 16.9 Å². The summed E-state index contributed by atoms with van der Waals surface area (Å²) in [5, 5.41) is 7.16. The summed E-state index contributed by atoms with van der Waals surface area (Å²) >= 11 is 0. The predicted molar refractivity (Wildman–Crippen MR) is 129 cm³/mol. The van der Waals surface area contributed by atoms with Gasteiger partial charge in [0.05, 0.1) is 42.4 Å². The van der Waals surface area contributed by atoms with Crippen LogP contribution in [0.25, 0.3) is 11.0 Å². The van der Waals surface area contributed by atoms with Gasteiger partial charge in [0.1, 0.15) is 5.84 Å². The number of rotatable bonds is 6. The van der Waals surface area contributed by atoms with Crippen LogP contribution in [0.5, 0.6) is 0 Å². The van der Waals surface area contributed by atoms with Gasteiger partial charge in [-0.3, -0.25) is 14.4 Å². The van der Waals surface area contributed by atoms with E-state index in [4.69, 9.17) is 4.99 Å². The van der Waals surface area contributed by atoms with Gasteiger partial charge in [0.25, 0.3) is 5.56 Å². The molecule has 0 fully saturated rings. The van der Waals surface area contributed by atoms with Crippen LogP contribution in [-0.2, 0) is 13.0 Å². The number of hydrogen-bond donors (Lipinski definition) is 2. The molecule has 0 radical (unpaired) electrons. The number of nitrogens with one attached hydrogen (secondary N) is 2. The molecule has 0 aliphatic carbocycles. The van der Waals surface area contributed by atoms with Crippen LogP contribution in [0.4, 0.5) is 0 Å². The fourth-order valence-electron chi connectivity index (χ4n) is 4.50. The van der Waals surface area contributed by atoms with Gasteiger partial charge in [-0.2, -0.15) is 0 Å². The molecule has 6 heteroatoms. The molecule has 6 nitrogen and oxygen atoms in total. The fraction of sp³-hybridized carbons (Fsp3) is 0.269. The molecule has 2 N–H and O–H groups in total. The third-order valence-electron chi connectivity index (χ3n) is 6.30. The lowest BCUT2D eigenvalue weighted by Gasteiger charge is -2.19. The zero-order chi connectivity index (χ0) is 22.1. The van der Waals surface area contributed by atoms with Crippen molar-refractivity contribution in [1.29, 1.82) is 0 Å². The van der Waals surface area contributed by atoms with Gasteiger partial charge < -0.3 is 10.6 Å². The van der Waals surface area contributed by atoms with E-state index in [1.165, 1.54) is 17.3 Å². The molecule has 5 rings (SSSR count). The molecular formula is C26H27N5O. The molecule has 2 unspecified atom stereocenters. The molecule has 2 atom stereocenters. The summed E-state index contributed by atoms with van der Waals surface area (Å²) < 4.78 is 1.78. The quantitative estimate of drug-likeness (QED) is 0.636. The number of aromatic nitrogens is 2. The molecule has 2 aliphatic rings. The summed E-state index contributed by atoms with van der Waals surface area (Å²) in [6.45, 7) is 7.71. The number of allylic oxidation sites excluding steroid dienone is 1. The Labute approximate surface area is 187 Å². The van der Waals surface area contributed by atoms with Gasteiger partial charge in [-0.15, -0.1) is 0 Å². The first kappa shape index (κ1) is 20.2. The van der Waals surface area contributed by atoms with Gasteiger partial charge in [-0.25, -0.2) is 4.98 Å². The third kappa shape index (κ3) is 3.96. The first-order chi connectivity index (χ1) is 15.6. The molecule has 0 saturated carbocycles. The second kappa shape index (κ2) is 8.46. The summed E-state index contributed by atoms with van der Waals surface area (Å²) in [5.41, 5.74) is 6.15. The summed E-state index contributed by atoms with van der Waals surface area (Å²) in [4.78, 5) is 21.5. The number of hydrogen-bond acceptors (Lipinski definition) is 5. The molecule has 2 aliphatic heterocycles. The molecule has 32 heavy (non-hydrogen) atoms. The molecule has 3 heterocycles. The van der Waals surface area contributed by atoms with Crippen molar-refractivity contribution < 1.29 is 0 Å². The smallest absolute Gasteiger partial charge is 0.269 e. The minimum absolute atomic E-state index is 0.0792. The van der Waals surface area contributed by atoms with Gasteiger partial charge >= 0.3 is 0 Å². The second-order valence-electron chi connectivity index (χ2n) is 8.58. The molecule has 2 aromatic carbocycles. The van der Waals surface area contributed by atoms with Crippen molar-refractivity contribution in [3.63, 3.8) is 0 Å². The van der Waals surface area contributed by atoms with Crippen LogP contribution in [0.2, 0.25) is 0 Å². The molecule has 1 aromatic heterocycles. The number of nitrogens with zero attached hydrogens (tertiary/aromatic N) is 3. The third-order valence-corrected chi connectivity index (χ3v) is 6.30. The Morgan fingerprint density at radius 3 is 2.75 bits per heavy atom. The number of aliphatic imine (C=N–C) groups is 1. The summed E-state index contributed by atoms with van der Waals surface area (Å²) in [6.07, 6.45) is 3.20. The topological polar surface area (TPSA) is 71.3 Å². The van der Waals surface area contributed by atoms with Crippen LogP contribution < -0.4 is 16.2 Å². The highest BCUT2D eigenvalue weighted by Gasteiger charge is 2.29. The molecule has 0 bridgehead atoms. The maximum absolute atomic E-state index is 12.5. The highest BCUT2D eigenvalue weighted by atomic mass is 16.1. The fourth-order valence-corrected chi connectivity index (χ4v) is 4.50. The van der Waals surface area contributed by atoms with Crippen LogP contribution in [0, 0.1) is 0 Å². The van der Waals surface area contributed by atoms with Crippen LogP contribution >= 0.6 is 0 Å². The number of para-hydroxylation sites is 2. The number of benzene rings is 2. The van der Waals surface area contributed by atoms with E-state index < -0.39 is 0 Å².